The van der Waals surface area contributed by atoms with Crippen LogP contribution in [0, 0.1) is 0 Å². The van der Waals surface area contributed by atoms with Gasteiger partial charge < -0.3 is 30.4 Å². The molecule has 8 heteroatoms. The van der Waals surface area contributed by atoms with Gasteiger partial charge in [0.15, 0.2) is 5.79 Å². The molecule has 1 amide bonds. The standard InChI is InChI=1S/C15H13NO.C9H17NO4.CH2O/c1-9-11-4-2-3-5-13(11)14-8-10(15(16)17)6-7-12(9)14;1-3-9(13-4-5-14-9)6-7(10-2)8(11)12;1-2/h2-9H,1H3,(H2,16,17);7,10H,3-6H2,1-2H3,(H,11,12);1H2. The lowest BCUT2D eigenvalue weighted by Gasteiger charge is -2.28. The van der Waals surface area contributed by atoms with Gasteiger partial charge in [-0.25, -0.2) is 0 Å². The molecule has 0 saturated carbocycles. The highest BCUT2D eigenvalue weighted by molar-refractivity contribution is 5.95. The third-order valence-corrected chi connectivity index (χ3v) is 6.04. The number of benzene rings is 2. The number of fused-ring (bicyclic) bond motifs is 3. The van der Waals surface area contributed by atoms with Crippen molar-refractivity contribution in [3.8, 4) is 11.1 Å². The summed E-state index contributed by atoms with van der Waals surface area (Å²) in [6.07, 6.45) is 1.01. The summed E-state index contributed by atoms with van der Waals surface area (Å²) in [5, 5.41) is 11.6. The van der Waals surface area contributed by atoms with Gasteiger partial charge in [-0.05, 0) is 47.9 Å². The summed E-state index contributed by atoms with van der Waals surface area (Å²) in [5.41, 5.74) is 10.9. The molecule has 4 rings (SSSR count). The average molecular weight is 457 g/mol. The average Bonchev–Trinajstić information content (AvgIpc) is 3.42. The van der Waals surface area contributed by atoms with Crippen LogP contribution in [0.25, 0.3) is 11.1 Å². The molecule has 178 valence electrons. The van der Waals surface area contributed by atoms with E-state index in [9.17, 15) is 9.59 Å². The molecule has 0 bridgehead atoms. The zero-order valence-corrected chi connectivity index (χ0v) is 19.3. The van der Waals surface area contributed by atoms with Crippen LogP contribution >= 0.6 is 0 Å². The molecule has 4 N–H and O–H groups in total. The molecule has 0 aromatic heterocycles. The van der Waals surface area contributed by atoms with Crippen molar-refractivity contribution in [2.45, 2.75) is 44.4 Å². The number of amides is 1. The highest BCUT2D eigenvalue weighted by atomic mass is 16.7. The molecule has 1 heterocycles. The molecule has 1 fully saturated rings. The third kappa shape index (κ3) is 5.84. The Balaban J connectivity index is 0.000000222. The zero-order chi connectivity index (χ0) is 24.6. The lowest BCUT2D eigenvalue weighted by Crippen LogP contribution is -2.43. The van der Waals surface area contributed by atoms with Gasteiger partial charge in [0, 0.05) is 17.9 Å². The first-order valence-corrected chi connectivity index (χ1v) is 10.8. The minimum atomic E-state index is -0.876. The van der Waals surface area contributed by atoms with Gasteiger partial charge in [0.1, 0.15) is 12.8 Å². The lowest BCUT2D eigenvalue weighted by atomic mass is 9.98. The van der Waals surface area contributed by atoms with Crippen molar-refractivity contribution in [2.75, 3.05) is 20.3 Å². The number of carbonyl (C=O) groups excluding carboxylic acids is 2. The predicted molar refractivity (Wildman–Crippen MR) is 125 cm³/mol. The summed E-state index contributed by atoms with van der Waals surface area (Å²) < 4.78 is 10.9. The minimum absolute atomic E-state index is 0.343. The number of nitrogens with one attached hydrogen (secondary N) is 1. The van der Waals surface area contributed by atoms with Crippen LogP contribution in [0.15, 0.2) is 42.5 Å². The number of likely N-dealkylation sites (N-methyl/N-ethyl adjacent to an activating group) is 1. The van der Waals surface area contributed by atoms with Crippen LogP contribution in [-0.4, -0.2) is 55.9 Å². The molecular weight excluding hydrogens is 424 g/mol. The Morgan fingerprint density at radius 1 is 1.15 bits per heavy atom. The number of hydrogen-bond acceptors (Lipinski definition) is 6. The second kappa shape index (κ2) is 11.7. The van der Waals surface area contributed by atoms with E-state index >= 15 is 0 Å². The lowest BCUT2D eigenvalue weighted by molar-refractivity contribution is -0.174. The van der Waals surface area contributed by atoms with E-state index in [0.29, 0.717) is 37.5 Å². The topological polar surface area (TPSA) is 128 Å². The van der Waals surface area contributed by atoms with E-state index in [1.54, 1.807) is 7.05 Å². The molecule has 0 radical (unpaired) electrons. The summed E-state index contributed by atoms with van der Waals surface area (Å²) in [7, 11) is 1.62. The Morgan fingerprint density at radius 3 is 2.30 bits per heavy atom. The Bertz CT molecular complexity index is 971. The smallest absolute Gasteiger partial charge is 0.320 e. The van der Waals surface area contributed by atoms with Crippen molar-refractivity contribution in [1.82, 2.24) is 5.32 Å². The van der Waals surface area contributed by atoms with Crippen molar-refractivity contribution in [3.05, 3.63) is 59.2 Å². The van der Waals surface area contributed by atoms with Crippen LogP contribution in [-0.2, 0) is 19.1 Å². The summed E-state index contributed by atoms with van der Waals surface area (Å²) in [6, 6.07) is 13.4. The molecule has 1 saturated heterocycles. The number of carboxylic acid groups (broad SMARTS) is 1. The first-order valence-electron chi connectivity index (χ1n) is 10.8. The van der Waals surface area contributed by atoms with Gasteiger partial charge in [0.2, 0.25) is 5.91 Å². The highest BCUT2D eigenvalue weighted by Gasteiger charge is 2.38. The molecule has 0 spiro atoms. The van der Waals surface area contributed by atoms with Crippen molar-refractivity contribution < 1.29 is 29.0 Å². The molecule has 1 aliphatic heterocycles. The first-order chi connectivity index (χ1) is 15.8. The molecule has 1 aliphatic carbocycles. The van der Waals surface area contributed by atoms with E-state index in [4.69, 9.17) is 25.1 Å². The van der Waals surface area contributed by atoms with E-state index in [-0.39, 0.29) is 5.91 Å². The Morgan fingerprint density at radius 2 is 1.76 bits per heavy atom. The maximum atomic E-state index is 11.2. The number of carboxylic acids is 1. The quantitative estimate of drug-likeness (QED) is 0.610. The Kier molecular flexibility index (Phi) is 9.28. The fourth-order valence-electron chi connectivity index (χ4n) is 4.19. The van der Waals surface area contributed by atoms with Crippen molar-refractivity contribution in [1.29, 1.82) is 0 Å². The minimum Gasteiger partial charge on any atom is -0.480 e. The number of ether oxygens (including phenoxy) is 2. The Labute approximate surface area is 194 Å². The van der Waals surface area contributed by atoms with Crippen LogP contribution in [0.1, 0.15) is 54.1 Å². The summed E-state index contributed by atoms with van der Waals surface area (Å²) in [6.45, 7) is 7.21. The van der Waals surface area contributed by atoms with Crippen molar-refractivity contribution in [2.24, 2.45) is 5.73 Å². The molecule has 2 aliphatic rings. The predicted octanol–water partition coefficient (Wildman–Crippen LogP) is 2.94. The monoisotopic (exact) mass is 456 g/mol. The largest absolute Gasteiger partial charge is 0.480 e. The van der Waals surface area contributed by atoms with Gasteiger partial charge >= 0.3 is 5.97 Å². The van der Waals surface area contributed by atoms with Gasteiger partial charge in [-0.15, -0.1) is 0 Å². The molecule has 2 aromatic rings. The highest BCUT2D eigenvalue weighted by Crippen LogP contribution is 2.44. The van der Waals surface area contributed by atoms with E-state index in [2.05, 4.69) is 30.4 Å². The molecule has 8 nitrogen and oxygen atoms in total. The maximum Gasteiger partial charge on any atom is 0.320 e. The zero-order valence-electron chi connectivity index (χ0n) is 19.3. The number of primary amides is 1. The van der Waals surface area contributed by atoms with Gasteiger partial charge in [0.05, 0.1) is 13.2 Å². The number of carbonyl (C=O) groups is 3. The number of hydrogen-bond donors (Lipinski definition) is 3. The van der Waals surface area contributed by atoms with Crippen LogP contribution in [0.3, 0.4) is 0 Å². The second-order valence-electron chi connectivity index (χ2n) is 7.82. The van der Waals surface area contributed by atoms with Crippen LogP contribution < -0.4 is 11.1 Å². The molecule has 2 atom stereocenters. The van der Waals surface area contributed by atoms with E-state index < -0.39 is 17.8 Å². The van der Waals surface area contributed by atoms with E-state index in [1.807, 2.05) is 38.0 Å². The SMILES string of the molecule is C=O.CC1c2ccccc2-c2cc(C(N)=O)ccc21.CCC1(CC(NC)C(=O)O)OCCO1. The maximum absolute atomic E-state index is 11.2. The number of nitrogens with two attached hydrogens (primary N) is 1. The van der Waals surface area contributed by atoms with Crippen LogP contribution in [0.4, 0.5) is 0 Å². The molecule has 2 unspecified atom stereocenters. The fraction of sp³-hybridized carbons (Fsp3) is 0.400. The van der Waals surface area contributed by atoms with Gasteiger partial charge in [-0.3, -0.25) is 9.59 Å². The first kappa shape index (κ1) is 26.2. The third-order valence-electron chi connectivity index (χ3n) is 6.04. The molecular formula is C25H32N2O6. The van der Waals surface area contributed by atoms with Gasteiger partial charge in [-0.2, -0.15) is 0 Å². The summed E-state index contributed by atoms with van der Waals surface area (Å²) in [4.78, 5) is 30.0. The second-order valence-corrected chi connectivity index (χ2v) is 7.82. The van der Waals surface area contributed by atoms with E-state index in [1.165, 1.54) is 16.7 Å². The van der Waals surface area contributed by atoms with Crippen LogP contribution in [0.2, 0.25) is 0 Å². The number of aliphatic carboxylic acids is 1. The van der Waals surface area contributed by atoms with E-state index in [0.717, 1.165) is 5.56 Å². The normalized spacial score (nSPS) is 18.0. The molecule has 33 heavy (non-hydrogen) atoms. The van der Waals surface area contributed by atoms with Gasteiger partial charge in [-0.1, -0.05) is 44.2 Å². The number of rotatable bonds is 6. The molecule has 2 aromatic carbocycles. The van der Waals surface area contributed by atoms with Crippen molar-refractivity contribution in [3.63, 3.8) is 0 Å². The fourth-order valence-corrected chi connectivity index (χ4v) is 4.19. The summed E-state index contributed by atoms with van der Waals surface area (Å²) >= 11 is 0. The summed E-state index contributed by atoms with van der Waals surface area (Å²) in [5.74, 6) is -1.56. The van der Waals surface area contributed by atoms with Crippen molar-refractivity contribution >= 4 is 18.7 Å². The van der Waals surface area contributed by atoms with Gasteiger partial charge in [0.25, 0.3) is 0 Å². The Hall–Kier alpha value is -3.07. The van der Waals surface area contributed by atoms with Crippen LogP contribution in [0.5, 0.6) is 0 Å².